The predicted molar refractivity (Wildman–Crippen MR) is 132 cm³/mol. The summed E-state index contributed by atoms with van der Waals surface area (Å²) in [5, 5.41) is 6.50. The van der Waals surface area contributed by atoms with Crippen LogP contribution < -0.4 is 15.0 Å². The van der Waals surface area contributed by atoms with Crippen LogP contribution in [0.15, 0.2) is 42.6 Å². The van der Waals surface area contributed by atoms with Crippen LogP contribution in [0.4, 0.5) is 14.6 Å². The zero-order valence-electron chi connectivity index (χ0n) is 20.3. The number of hydrogen-bond donors (Lipinski definition) is 1. The van der Waals surface area contributed by atoms with Crippen molar-refractivity contribution >= 4 is 25.7 Å². The molecular weight excluding hydrogens is 484 g/mol. The van der Waals surface area contributed by atoms with Gasteiger partial charge in [0.25, 0.3) is 11.8 Å². The van der Waals surface area contributed by atoms with Crippen molar-refractivity contribution in [1.29, 1.82) is 0 Å². The van der Waals surface area contributed by atoms with Crippen LogP contribution in [-0.4, -0.2) is 54.3 Å². The zero-order chi connectivity index (χ0) is 26.0. The van der Waals surface area contributed by atoms with E-state index in [9.17, 15) is 18.4 Å². The number of nitrogens with zero attached hydrogens (tertiary/aromatic N) is 4. The van der Waals surface area contributed by atoms with Crippen molar-refractivity contribution in [2.24, 2.45) is 0 Å². The Hall–Kier alpha value is -4.04. The van der Waals surface area contributed by atoms with E-state index in [0.717, 1.165) is 6.20 Å². The Balaban J connectivity index is 1.48. The van der Waals surface area contributed by atoms with E-state index in [1.165, 1.54) is 28.8 Å². The summed E-state index contributed by atoms with van der Waals surface area (Å²) in [6.07, 6.45) is 1.07. The molecule has 186 valence electrons. The summed E-state index contributed by atoms with van der Waals surface area (Å²) in [6.45, 7) is 6.32. The van der Waals surface area contributed by atoms with Crippen molar-refractivity contribution in [3.05, 3.63) is 71.2 Å². The first-order valence-corrected chi connectivity index (χ1v) is 14.7. The summed E-state index contributed by atoms with van der Waals surface area (Å²) in [5.74, 6) is 1.14. The highest BCUT2D eigenvalue weighted by Gasteiger charge is 2.33. The Morgan fingerprint density at radius 3 is 2.61 bits per heavy atom. The van der Waals surface area contributed by atoms with E-state index in [1.54, 1.807) is 24.3 Å². The fraction of sp³-hybridized carbons (Fsp3) is 0.280. The number of nitrogens with one attached hydrogen (secondary N) is 1. The van der Waals surface area contributed by atoms with Crippen LogP contribution >= 0.6 is 0 Å². The summed E-state index contributed by atoms with van der Waals surface area (Å²) in [4.78, 5) is 31.6. The molecule has 4 rings (SSSR count). The average molecular weight is 510 g/mol. The Labute approximate surface area is 208 Å². The molecule has 36 heavy (non-hydrogen) atoms. The topological polar surface area (TPSA) is 89.4 Å². The highest BCUT2D eigenvalue weighted by molar-refractivity contribution is 6.83. The highest BCUT2D eigenvalue weighted by atomic mass is 28.3. The molecule has 1 unspecified atom stereocenters. The monoisotopic (exact) mass is 509 g/mol. The van der Waals surface area contributed by atoms with E-state index in [4.69, 9.17) is 4.74 Å². The molecule has 0 saturated heterocycles. The number of rotatable bonds is 4. The summed E-state index contributed by atoms with van der Waals surface area (Å²) in [5.41, 5.74) is 3.96. The molecule has 1 aliphatic rings. The lowest BCUT2D eigenvalue weighted by molar-refractivity contribution is -0.120. The molecule has 1 aliphatic heterocycles. The zero-order valence-corrected chi connectivity index (χ0v) is 21.3. The molecule has 0 spiro atoms. The van der Waals surface area contributed by atoms with Gasteiger partial charge >= 0.3 is 0 Å². The van der Waals surface area contributed by atoms with Gasteiger partial charge in [-0.25, -0.2) is 13.8 Å². The van der Waals surface area contributed by atoms with E-state index in [0.29, 0.717) is 17.0 Å². The summed E-state index contributed by atoms with van der Waals surface area (Å²) in [6, 6.07) is 7.96. The van der Waals surface area contributed by atoms with Gasteiger partial charge in [-0.3, -0.25) is 19.2 Å². The quantitative estimate of drug-likeness (QED) is 0.432. The van der Waals surface area contributed by atoms with E-state index in [-0.39, 0.29) is 19.0 Å². The van der Waals surface area contributed by atoms with Crippen LogP contribution in [-0.2, 0) is 11.3 Å². The van der Waals surface area contributed by atoms with E-state index >= 15 is 0 Å². The number of anilines is 1. The van der Waals surface area contributed by atoms with Crippen LogP contribution in [0.5, 0.6) is 5.75 Å². The maximum Gasteiger partial charge on any atom is 0.275 e. The third-order valence-corrected chi connectivity index (χ3v) is 6.13. The first-order valence-electron chi connectivity index (χ1n) is 11.2. The largest absolute Gasteiger partial charge is 0.487 e. The van der Waals surface area contributed by atoms with Gasteiger partial charge in [-0.2, -0.15) is 5.10 Å². The Bertz CT molecular complexity index is 1370. The van der Waals surface area contributed by atoms with Gasteiger partial charge in [-0.1, -0.05) is 37.7 Å². The maximum absolute atomic E-state index is 14.5. The molecular formula is C25H25F2N5O3Si. The molecule has 0 bridgehead atoms. The van der Waals surface area contributed by atoms with Gasteiger partial charge in [0.2, 0.25) is 0 Å². The number of benzene rings is 1. The number of amides is 2. The maximum atomic E-state index is 14.5. The smallest absolute Gasteiger partial charge is 0.275 e. The molecule has 1 N–H and O–H groups in total. The molecule has 0 fully saturated rings. The predicted octanol–water partition coefficient (Wildman–Crippen LogP) is 2.99. The Kier molecular flexibility index (Phi) is 6.90. The van der Waals surface area contributed by atoms with Crippen LogP contribution in [0.1, 0.15) is 21.7 Å². The van der Waals surface area contributed by atoms with Crippen LogP contribution in [0, 0.1) is 23.1 Å². The number of carbonyl (C=O) groups is 2. The summed E-state index contributed by atoms with van der Waals surface area (Å²) < 4.78 is 34.6. The average Bonchev–Trinajstić information content (AvgIpc) is 3.15. The second-order valence-electron chi connectivity index (χ2n) is 9.40. The lowest BCUT2D eigenvalue weighted by Crippen LogP contribution is -2.49. The van der Waals surface area contributed by atoms with Crippen molar-refractivity contribution in [2.75, 3.05) is 18.6 Å². The second-order valence-corrected chi connectivity index (χ2v) is 14.2. The van der Waals surface area contributed by atoms with Crippen LogP contribution in [0.25, 0.3) is 0 Å². The SMILES string of the molecule is CN1C(=O)C(NC(=O)c2nn(Cc3ccc(F)cc3)cc2F)COc2ccc(C#C[Si](C)(C)C)nc21. The van der Waals surface area contributed by atoms with Gasteiger partial charge in [0.1, 0.15) is 32.2 Å². The Morgan fingerprint density at radius 2 is 1.92 bits per heavy atom. The minimum atomic E-state index is -1.62. The first kappa shape index (κ1) is 25.1. The van der Waals surface area contributed by atoms with E-state index in [1.807, 2.05) is 0 Å². The van der Waals surface area contributed by atoms with Gasteiger partial charge in [0.15, 0.2) is 23.1 Å². The number of carbonyl (C=O) groups excluding carboxylic acids is 2. The molecule has 2 aromatic heterocycles. The number of aromatic nitrogens is 3. The van der Waals surface area contributed by atoms with Gasteiger partial charge in [-0.05, 0) is 29.8 Å². The second kappa shape index (κ2) is 9.91. The van der Waals surface area contributed by atoms with Crippen LogP contribution in [0.2, 0.25) is 19.6 Å². The fourth-order valence-corrected chi connectivity index (χ4v) is 3.93. The van der Waals surface area contributed by atoms with Crippen molar-refractivity contribution in [3.63, 3.8) is 0 Å². The summed E-state index contributed by atoms with van der Waals surface area (Å²) in [7, 11) is -0.0953. The molecule has 0 aliphatic carbocycles. The van der Waals surface area contributed by atoms with Crippen molar-refractivity contribution in [3.8, 4) is 17.2 Å². The van der Waals surface area contributed by atoms with Crippen molar-refractivity contribution in [2.45, 2.75) is 32.2 Å². The van der Waals surface area contributed by atoms with E-state index < -0.39 is 43.3 Å². The normalized spacial score (nSPS) is 15.3. The molecule has 11 heteroatoms. The molecule has 1 aromatic carbocycles. The minimum Gasteiger partial charge on any atom is -0.487 e. The summed E-state index contributed by atoms with van der Waals surface area (Å²) >= 11 is 0. The number of likely N-dealkylation sites (N-methyl/N-ethyl adjacent to an activating group) is 1. The van der Waals surface area contributed by atoms with Gasteiger partial charge in [0, 0.05) is 7.05 Å². The number of halogens is 2. The molecule has 0 radical (unpaired) electrons. The molecule has 1 atom stereocenters. The van der Waals surface area contributed by atoms with Gasteiger partial charge in [-0.15, -0.1) is 5.54 Å². The molecule has 0 saturated carbocycles. The minimum absolute atomic E-state index is 0.141. The first-order chi connectivity index (χ1) is 17.0. The fourth-order valence-electron chi connectivity index (χ4n) is 3.43. The number of fused-ring (bicyclic) bond motifs is 1. The van der Waals surface area contributed by atoms with Crippen molar-refractivity contribution < 1.29 is 23.1 Å². The molecule has 8 nitrogen and oxygen atoms in total. The highest BCUT2D eigenvalue weighted by Crippen LogP contribution is 2.28. The number of ether oxygens (including phenoxy) is 1. The lowest BCUT2D eigenvalue weighted by atomic mass is 10.2. The van der Waals surface area contributed by atoms with Gasteiger partial charge in [0.05, 0.1) is 12.7 Å². The van der Waals surface area contributed by atoms with Gasteiger partial charge < -0.3 is 10.1 Å². The third-order valence-electron chi connectivity index (χ3n) is 5.25. The Morgan fingerprint density at radius 1 is 1.19 bits per heavy atom. The van der Waals surface area contributed by atoms with Crippen molar-refractivity contribution in [1.82, 2.24) is 20.1 Å². The van der Waals surface area contributed by atoms with E-state index in [2.05, 4.69) is 46.5 Å². The molecule has 3 heterocycles. The number of hydrogen-bond acceptors (Lipinski definition) is 5. The standard InChI is InChI=1S/C25H25F2N5O3Si/c1-31-23-21(10-9-18(28-23)11-12-36(2,3)4)35-15-20(25(31)34)29-24(33)22-19(27)14-32(30-22)13-16-5-7-17(26)8-6-16/h5-10,14,20H,13,15H2,1-4H3,(H,29,33). The molecule has 3 aromatic rings. The number of pyridine rings is 1. The molecule has 2 amide bonds. The third kappa shape index (κ3) is 5.77. The van der Waals surface area contributed by atoms with Crippen LogP contribution in [0.3, 0.4) is 0 Å². The lowest BCUT2D eigenvalue weighted by Gasteiger charge is -2.19.